The summed E-state index contributed by atoms with van der Waals surface area (Å²) < 4.78 is 0. The zero-order valence-electron chi connectivity index (χ0n) is 25.5. The predicted molar refractivity (Wildman–Crippen MR) is 176 cm³/mol. The van der Waals surface area contributed by atoms with Gasteiger partial charge in [0.2, 0.25) is 11.8 Å². The molecule has 1 aromatic heterocycles. The number of aromatic amines is 1. The molecular weight excluding hydrogens is 598 g/mol. The van der Waals surface area contributed by atoms with Crippen LogP contribution in [0.15, 0.2) is 84.9 Å². The summed E-state index contributed by atoms with van der Waals surface area (Å²) >= 11 is 0. The third kappa shape index (κ3) is 5.65. The molecule has 6 rings (SSSR count). The highest BCUT2D eigenvalue weighted by Crippen LogP contribution is 2.49. The number of carboxylic acids is 1. The van der Waals surface area contributed by atoms with E-state index in [4.69, 9.17) is 16.9 Å². The first-order chi connectivity index (χ1) is 22.5. The highest BCUT2D eigenvalue weighted by Gasteiger charge is 2.39. The van der Waals surface area contributed by atoms with Crippen LogP contribution in [-0.2, 0) is 10.2 Å². The van der Waals surface area contributed by atoms with E-state index in [-0.39, 0.29) is 29.0 Å². The standard InChI is InChI=1S/C34H31N9O4/c1-18(44)43(33-39-41-42-40-33)24-13-21(25-10-8-20(31(37)45)15-26(25)32(46)47)12-22(14-24)29-17-34(2,23-6-4-3-5-7-23)27-16-19(30(35)36)9-11-28(27)38-29/h3-16,29,38H,17H2,1-2H3,(H3,35,36)(H2,37,45)(H,46,47)(H,39,40,41,42). The van der Waals surface area contributed by atoms with E-state index in [1.54, 1.807) is 12.1 Å². The summed E-state index contributed by atoms with van der Waals surface area (Å²) in [6, 6.07) is 24.9. The van der Waals surface area contributed by atoms with Gasteiger partial charge in [-0.25, -0.2) is 9.69 Å². The lowest BCUT2D eigenvalue weighted by molar-refractivity contribution is -0.115. The van der Waals surface area contributed by atoms with Crippen molar-refractivity contribution in [3.63, 3.8) is 0 Å². The largest absolute Gasteiger partial charge is 0.478 e. The van der Waals surface area contributed by atoms with Gasteiger partial charge < -0.3 is 21.9 Å². The number of tetrazole rings is 1. The van der Waals surface area contributed by atoms with Crippen LogP contribution in [0.3, 0.4) is 0 Å². The third-order valence-electron chi connectivity index (χ3n) is 8.57. The molecule has 5 aromatic rings. The van der Waals surface area contributed by atoms with Gasteiger partial charge in [-0.3, -0.25) is 15.0 Å². The lowest BCUT2D eigenvalue weighted by Crippen LogP contribution is -2.35. The average Bonchev–Trinajstić information content (AvgIpc) is 3.58. The Bertz CT molecular complexity index is 2050. The summed E-state index contributed by atoms with van der Waals surface area (Å²) in [7, 11) is 0. The number of benzene rings is 4. The molecule has 2 unspecified atom stereocenters. The van der Waals surface area contributed by atoms with Crippen LogP contribution in [0.2, 0.25) is 0 Å². The number of rotatable bonds is 8. The number of nitrogens with one attached hydrogen (secondary N) is 3. The number of hydrogen-bond acceptors (Lipinski definition) is 8. The minimum Gasteiger partial charge on any atom is -0.478 e. The van der Waals surface area contributed by atoms with Gasteiger partial charge in [-0.1, -0.05) is 48.4 Å². The molecule has 8 N–H and O–H groups in total. The van der Waals surface area contributed by atoms with E-state index >= 15 is 0 Å². The van der Waals surface area contributed by atoms with Gasteiger partial charge in [-0.15, -0.1) is 5.10 Å². The number of aromatic carboxylic acids is 1. The lowest BCUT2D eigenvalue weighted by Gasteiger charge is -2.42. The smallest absolute Gasteiger partial charge is 0.336 e. The molecule has 1 aliphatic heterocycles. The van der Waals surface area contributed by atoms with E-state index < -0.39 is 23.2 Å². The van der Waals surface area contributed by atoms with Crippen LogP contribution in [0.1, 0.15) is 69.3 Å². The SMILES string of the molecule is CC(=O)N(c1cc(-c2ccc(C(N)=O)cc2C(=O)O)cc(C2CC(C)(c3ccccc3)c3cc(C(=N)N)ccc3N2)c1)c1nn[nH]n1. The second-order valence-corrected chi connectivity index (χ2v) is 11.6. The minimum absolute atomic E-state index is 0.0102. The van der Waals surface area contributed by atoms with Crippen LogP contribution in [-0.4, -0.2) is 49.3 Å². The Morgan fingerprint density at radius 2 is 1.72 bits per heavy atom. The number of primary amides is 1. The molecule has 0 saturated heterocycles. The summed E-state index contributed by atoms with van der Waals surface area (Å²) in [6.07, 6.45) is 0.545. The monoisotopic (exact) mass is 629 g/mol. The van der Waals surface area contributed by atoms with E-state index in [0.717, 1.165) is 22.4 Å². The fraction of sp³-hybridized carbons (Fsp3) is 0.147. The van der Waals surface area contributed by atoms with E-state index in [2.05, 4.69) is 45.0 Å². The Balaban J connectivity index is 1.57. The van der Waals surface area contributed by atoms with Gasteiger partial charge >= 0.3 is 5.97 Å². The molecule has 0 spiro atoms. The van der Waals surface area contributed by atoms with Gasteiger partial charge in [0.15, 0.2) is 0 Å². The zero-order valence-corrected chi connectivity index (χ0v) is 25.5. The van der Waals surface area contributed by atoms with Crippen molar-refractivity contribution in [2.45, 2.75) is 31.7 Å². The first-order valence-electron chi connectivity index (χ1n) is 14.6. The minimum atomic E-state index is -1.25. The number of carboxylic acid groups (broad SMARTS) is 1. The van der Waals surface area contributed by atoms with Crippen molar-refractivity contribution >= 4 is 40.9 Å². The molecule has 236 valence electrons. The summed E-state index contributed by atoms with van der Waals surface area (Å²) in [5, 5.41) is 35.9. The molecule has 2 atom stereocenters. The van der Waals surface area contributed by atoms with Gasteiger partial charge in [0, 0.05) is 29.2 Å². The Kier molecular flexibility index (Phi) is 7.73. The molecule has 0 radical (unpaired) electrons. The number of hydrogen-bond donors (Lipinski definition) is 6. The molecule has 1 aliphatic rings. The van der Waals surface area contributed by atoms with E-state index in [0.29, 0.717) is 28.8 Å². The van der Waals surface area contributed by atoms with Crippen LogP contribution in [0.5, 0.6) is 0 Å². The van der Waals surface area contributed by atoms with Crippen LogP contribution in [0.25, 0.3) is 11.1 Å². The van der Waals surface area contributed by atoms with Crippen LogP contribution >= 0.6 is 0 Å². The van der Waals surface area contributed by atoms with E-state index in [1.807, 2.05) is 42.5 Å². The van der Waals surface area contributed by atoms with Crippen molar-refractivity contribution in [1.82, 2.24) is 20.6 Å². The maximum Gasteiger partial charge on any atom is 0.336 e. The normalized spacial score (nSPS) is 16.9. The lowest BCUT2D eigenvalue weighted by atomic mass is 9.68. The Morgan fingerprint density at radius 3 is 2.36 bits per heavy atom. The average molecular weight is 630 g/mol. The number of nitrogen functional groups attached to an aromatic ring is 1. The van der Waals surface area contributed by atoms with Gasteiger partial charge in [0.05, 0.1) is 17.3 Å². The molecule has 13 nitrogen and oxygen atoms in total. The fourth-order valence-corrected chi connectivity index (χ4v) is 6.27. The summed E-state index contributed by atoms with van der Waals surface area (Å²) in [5.41, 5.74) is 16.1. The molecule has 47 heavy (non-hydrogen) atoms. The second-order valence-electron chi connectivity index (χ2n) is 11.6. The molecule has 0 fully saturated rings. The predicted octanol–water partition coefficient (Wildman–Crippen LogP) is 4.50. The number of amides is 2. The van der Waals surface area contributed by atoms with Gasteiger partial charge in [0.1, 0.15) is 5.84 Å². The summed E-state index contributed by atoms with van der Waals surface area (Å²) in [6.45, 7) is 3.50. The number of carbonyl (C=O) groups excluding carboxylic acids is 2. The molecule has 0 aliphatic carbocycles. The number of nitrogens with zero attached hydrogens (tertiary/aromatic N) is 4. The highest BCUT2D eigenvalue weighted by molar-refractivity contribution is 6.02. The van der Waals surface area contributed by atoms with Gasteiger partial charge in [-0.2, -0.15) is 5.21 Å². The van der Waals surface area contributed by atoms with Crippen LogP contribution in [0, 0.1) is 5.41 Å². The van der Waals surface area contributed by atoms with Gasteiger partial charge in [-0.05, 0) is 88.0 Å². The third-order valence-corrected chi connectivity index (χ3v) is 8.57. The molecule has 2 amide bonds. The zero-order chi connectivity index (χ0) is 33.5. The molecular formula is C34H31N9O4. The first-order valence-corrected chi connectivity index (χ1v) is 14.6. The molecule has 13 heteroatoms. The van der Waals surface area contributed by atoms with Crippen molar-refractivity contribution in [3.8, 4) is 11.1 Å². The maximum atomic E-state index is 13.0. The molecule has 4 aromatic carbocycles. The van der Waals surface area contributed by atoms with Crippen molar-refractivity contribution in [1.29, 1.82) is 5.41 Å². The summed E-state index contributed by atoms with van der Waals surface area (Å²) in [5.74, 6) is -2.43. The van der Waals surface area contributed by atoms with Crippen LogP contribution in [0.4, 0.5) is 17.3 Å². The number of amidine groups is 1. The molecule has 0 saturated carbocycles. The number of fused-ring (bicyclic) bond motifs is 1. The number of H-pyrrole nitrogens is 1. The summed E-state index contributed by atoms with van der Waals surface area (Å²) in [4.78, 5) is 38.7. The second kappa shape index (κ2) is 11.9. The Hall–Kier alpha value is -6.37. The fourth-order valence-electron chi connectivity index (χ4n) is 6.27. The van der Waals surface area contributed by atoms with Gasteiger partial charge in [0.25, 0.3) is 5.95 Å². The molecule has 0 bridgehead atoms. The Labute approximate surface area is 269 Å². The first kappa shape index (κ1) is 30.6. The Morgan fingerprint density at radius 1 is 0.979 bits per heavy atom. The number of aromatic nitrogens is 4. The quantitative estimate of drug-likeness (QED) is 0.105. The topological polar surface area (TPSA) is 217 Å². The van der Waals surface area contributed by atoms with Crippen molar-refractivity contribution < 1.29 is 19.5 Å². The maximum absolute atomic E-state index is 13.0. The van der Waals surface area contributed by atoms with Crippen molar-refractivity contribution in [2.75, 3.05) is 10.2 Å². The van der Waals surface area contributed by atoms with Crippen molar-refractivity contribution in [2.24, 2.45) is 11.5 Å². The highest BCUT2D eigenvalue weighted by atomic mass is 16.4. The van der Waals surface area contributed by atoms with Crippen molar-refractivity contribution in [3.05, 3.63) is 118 Å². The number of carbonyl (C=O) groups is 3. The van der Waals surface area contributed by atoms with Crippen LogP contribution < -0.4 is 21.7 Å². The van der Waals surface area contributed by atoms with E-state index in [9.17, 15) is 19.5 Å². The number of nitrogens with two attached hydrogens (primary N) is 2. The molecule has 2 heterocycles. The van der Waals surface area contributed by atoms with E-state index in [1.165, 1.54) is 30.0 Å². The number of anilines is 3.